The Balaban J connectivity index is 1.69. The van der Waals surface area contributed by atoms with Gasteiger partial charge < -0.3 is 10.6 Å². The van der Waals surface area contributed by atoms with Crippen LogP contribution in [-0.2, 0) is 4.79 Å². The number of carbonyl (C=O) groups is 1. The van der Waals surface area contributed by atoms with Crippen LogP contribution in [0.2, 0.25) is 5.02 Å². The fourth-order valence-corrected chi connectivity index (χ4v) is 2.83. The first kappa shape index (κ1) is 16.1. The van der Waals surface area contributed by atoms with Crippen molar-refractivity contribution in [3.8, 4) is 0 Å². The van der Waals surface area contributed by atoms with Crippen molar-refractivity contribution < 1.29 is 9.18 Å². The Hall–Kier alpha value is -1.29. The van der Waals surface area contributed by atoms with Crippen molar-refractivity contribution in [2.45, 2.75) is 51.0 Å². The topological polar surface area (TPSA) is 41.1 Å². The van der Waals surface area contributed by atoms with Gasteiger partial charge in [0.25, 0.3) is 0 Å². The van der Waals surface area contributed by atoms with Gasteiger partial charge in [-0.3, -0.25) is 4.79 Å². The minimum Gasteiger partial charge on any atom is -0.384 e. The van der Waals surface area contributed by atoms with Crippen molar-refractivity contribution in [3.63, 3.8) is 0 Å². The van der Waals surface area contributed by atoms with Gasteiger partial charge in [-0.15, -0.1) is 0 Å². The molecule has 0 radical (unpaired) electrons. The minimum absolute atomic E-state index is 0.0719. The van der Waals surface area contributed by atoms with E-state index in [-0.39, 0.29) is 10.9 Å². The summed E-state index contributed by atoms with van der Waals surface area (Å²) >= 11 is 5.71. The molecule has 3 nitrogen and oxygen atoms in total. The lowest BCUT2D eigenvalue weighted by molar-refractivity contribution is -0.121. The van der Waals surface area contributed by atoms with Crippen LogP contribution < -0.4 is 10.6 Å². The molecule has 0 bridgehead atoms. The van der Waals surface area contributed by atoms with E-state index >= 15 is 0 Å². The van der Waals surface area contributed by atoms with Crippen molar-refractivity contribution in [1.29, 1.82) is 0 Å². The summed E-state index contributed by atoms with van der Waals surface area (Å²) in [6.45, 7) is 0.514. The minimum atomic E-state index is -0.437. The van der Waals surface area contributed by atoms with Crippen LogP contribution >= 0.6 is 11.6 Å². The molecule has 21 heavy (non-hydrogen) atoms. The monoisotopic (exact) mass is 312 g/mol. The Bertz CT molecular complexity index is 473. The Morgan fingerprint density at radius 2 is 1.95 bits per heavy atom. The first-order valence-electron chi connectivity index (χ1n) is 7.63. The molecule has 1 fully saturated rings. The molecule has 0 aliphatic heterocycles. The molecule has 5 heteroatoms. The van der Waals surface area contributed by atoms with E-state index in [1.165, 1.54) is 37.8 Å². The summed E-state index contributed by atoms with van der Waals surface area (Å²) in [7, 11) is 0. The maximum atomic E-state index is 13.0. The van der Waals surface area contributed by atoms with E-state index in [2.05, 4.69) is 10.6 Å². The highest BCUT2D eigenvalue weighted by molar-refractivity contribution is 6.31. The fourth-order valence-electron chi connectivity index (χ4n) is 2.65. The average Bonchev–Trinajstić information content (AvgIpc) is 2.71. The van der Waals surface area contributed by atoms with Crippen LogP contribution in [0.25, 0.3) is 0 Å². The summed E-state index contributed by atoms with van der Waals surface area (Å²) in [6.07, 6.45) is 7.55. The SMILES string of the molecule is O=C(CCNc1ccc(F)c(Cl)c1)NC1CCCCCC1. The largest absolute Gasteiger partial charge is 0.384 e. The second-order valence-electron chi connectivity index (χ2n) is 5.56. The summed E-state index contributed by atoms with van der Waals surface area (Å²) in [5.41, 5.74) is 0.726. The molecule has 0 unspecified atom stereocenters. The van der Waals surface area contributed by atoms with Gasteiger partial charge in [0.2, 0.25) is 5.91 Å². The molecule has 1 aliphatic carbocycles. The van der Waals surface area contributed by atoms with E-state index in [1.54, 1.807) is 6.07 Å². The first-order chi connectivity index (χ1) is 10.1. The van der Waals surface area contributed by atoms with Crippen LogP contribution in [0.1, 0.15) is 44.9 Å². The smallest absolute Gasteiger partial charge is 0.221 e. The molecule has 0 aromatic heterocycles. The highest BCUT2D eigenvalue weighted by Gasteiger charge is 2.14. The predicted molar refractivity (Wildman–Crippen MR) is 84.1 cm³/mol. The zero-order valence-electron chi connectivity index (χ0n) is 12.1. The third-order valence-corrected chi connectivity index (χ3v) is 4.11. The normalized spacial score (nSPS) is 16.3. The zero-order valence-corrected chi connectivity index (χ0v) is 12.9. The second-order valence-corrected chi connectivity index (χ2v) is 5.97. The van der Waals surface area contributed by atoms with Crippen molar-refractivity contribution in [2.75, 3.05) is 11.9 Å². The average molecular weight is 313 g/mol. The number of rotatable bonds is 5. The summed E-state index contributed by atoms with van der Waals surface area (Å²) in [5, 5.41) is 6.27. The third-order valence-electron chi connectivity index (χ3n) is 3.82. The number of anilines is 1. The number of benzene rings is 1. The van der Waals surface area contributed by atoms with Gasteiger partial charge in [-0.1, -0.05) is 37.3 Å². The Labute approximate surface area is 130 Å². The zero-order chi connectivity index (χ0) is 15.1. The van der Waals surface area contributed by atoms with Gasteiger partial charge >= 0.3 is 0 Å². The molecule has 0 saturated heterocycles. The molecular formula is C16H22ClFN2O. The maximum absolute atomic E-state index is 13.0. The molecule has 1 amide bonds. The number of amides is 1. The lowest BCUT2D eigenvalue weighted by Crippen LogP contribution is -2.35. The molecule has 1 aromatic rings. The van der Waals surface area contributed by atoms with Crippen LogP contribution in [0, 0.1) is 5.82 Å². The maximum Gasteiger partial charge on any atom is 0.221 e. The quantitative estimate of drug-likeness (QED) is 0.803. The van der Waals surface area contributed by atoms with Crippen molar-refractivity contribution >= 4 is 23.2 Å². The summed E-state index contributed by atoms with van der Waals surface area (Å²) < 4.78 is 13.0. The first-order valence-corrected chi connectivity index (χ1v) is 8.01. The van der Waals surface area contributed by atoms with Crippen LogP contribution in [0.5, 0.6) is 0 Å². The highest BCUT2D eigenvalue weighted by atomic mass is 35.5. The Morgan fingerprint density at radius 3 is 2.62 bits per heavy atom. The van der Waals surface area contributed by atoms with E-state index in [0.29, 0.717) is 19.0 Å². The third kappa shape index (κ3) is 5.54. The predicted octanol–water partition coefficient (Wildman–Crippen LogP) is 4.12. The van der Waals surface area contributed by atoms with Gasteiger partial charge in [-0.25, -0.2) is 4.39 Å². The van der Waals surface area contributed by atoms with Crippen LogP contribution in [-0.4, -0.2) is 18.5 Å². The molecule has 1 aliphatic rings. The second kappa shape index (κ2) is 8.23. The van der Waals surface area contributed by atoms with Crippen LogP contribution in [0.15, 0.2) is 18.2 Å². The van der Waals surface area contributed by atoms with Gasteiger partial charge in [0.05, 0.1) is 5.02 Å². The number of hydrogen-bond donors (Lipinski definition) is 2. The molecule has 116 valence electrons. The van der Waals surface area contributed by atoms with E-state index in [0.717, 1.165) is 18.5 Å². The van der Waals surface area contributed by atoms with Crippen molar-refractivity contribution in [1.82, 2.24) is 5.32 Å². The van der Waals surface area contributed by atoms with Gasteiger partial charge in [0.1, 0.15) is 5.82 Å². The van der Waals surface area contributed by atoms with E-state index in [9.17, 15) is 9.18 Å². The number of hydrogen-bond acceptors (Lipinski definition) is 2. The highest BCUT2D eigenvalue weighted by Crippen LogP contribution is 2.19. The Morgan fingerprint density at radius 1 is 1.24 bits per heavy atom. The molecule has 2 N–H and O–H groups in total. The Kier molecular flexibility index (Phi) is 6.30. The summed E-state index contributed by atoms with van der Waals surface area (Å²) in [5.74, 6) is -0.365. The van der Waals surface area contributed by atoms with E-state index < -0.39 is 5.82 Å². The molecular weight excluding hydrogens is 291 g/mol. The molecule has 0 spiro atoms. The van der Waals surface area contributed by atoms with Crippen LogP contribution in [0.4, 0.5) is 10.1 Å². The lowest BCUT2D eigenvalue weighted by atomic mass is 10.1. The van der Waals surface area contributed by atoms with Gasteiger partial charge in [-0.05, 0) is 31.0 Å². The number of carbonyl (C=O) groups excluding carboxylic acids is 1. The van der Waals surface area contributed by atoms with E-state index in [4.69, 9.17) is 11.6 Å². The van der Waals surface area contributed by atoms with Crippen LogP contribution in [0.3, 0.4) is 0 Å². The molecule has 0 heterocycles. The van der Waals surface area contributed by atoms with Crippen molar-refractivity contribution in [3.05, 3.63) is 29.0 Å². The molecule has 1 saturated carbocycles. The molecule has 1 aromatic carbocycles. The van der Waals surface area contributed by atoms with Crippen molar-refractivity contribution in [2.24, 2.45) is 0 Å². The molecule has 0 atom stereocenters. The van der Waals surface area contributed by atoms with E-state index in [1.807, 2.05) is 0 Å². The summed E-state index contributed by atoms with van der Waals surface area (Å²) in [4.78, 5) is 11.9. The number of halogens is 2. The van der Waals surface area contributed by atoms with Gasteiger partial charge in [-0.2, -0.15) is 0 Å². The standard InChI is InChI=1S/C16H22ClFN2O/c17-14-11-13(7-8-15(14)18)19-10-9-16(21)20-12-5-3-1-2-4-6-12/h7-8,11-12,19H,1-6,9-10H2,(H,20,21). The fraction of sp³-hybridized carbons (Fsp3) is 0.562. The summed E-state index contributed by atoms with van der Waals surface area (Å²) in [6, 6.07) is 4.79. The van der Waals surface area contributed by atoms with Gasteiger partial charge in [0.15, 0.2) is 0 Å². The van der Waals surface area contributed by atoms with Gasteiger partial charge in [0, 0.05) is 24.7 Å². The number of nitrogens with one attached hydrogen (secondary N) is 2. The lowest BCUT2D eigenvalue weighted by Gasteiger charge is -2.16. The molecule has 2 rings (SSSR count).